The van der Waals surface area contributed by atoms with Gasteiger partial charge in [-0.15, -0.1) is 0 Å². The average Bonchev–Trinajstić information content (AvgIpc) is 2.34. The topological polar surface area (TPSA) is 33.0 Å². The molecular weight excluding hydrogens is 290 g/mol. The van der Waals surface area contributed by atoms with Gasteiger partial charge in [0.25, 0.3) is 0 Å². The largest absolute Gasteiger partial charge is 0.456 e. The van der Waals surface area contributed by atoms with Gasteiger partial charge in [-0.1, -0.05) is 18.2 Å². The van der Waals surface area contributed by atoms with Gasteiger partial charge in [0.15, 0.2) is 0 Å². The Morgan fingerprint density at radius 3 is 2.61 bits per heavy atom. The Bertz CT molecular complexity index is 629. The highest BCUT2D eigenvalue weighted by molar-refractivity contribution is 9.10. The maximum absolute atomic E-state index is 9.14. The normalized spacial score (nSPS) is 9.89. The summed E-state index contributed by atoms with van der Waals surface area (Å²) in [5, 5.41) is 9.14. The molecular formula is C15H12BrNO. The number of benzene rings is 2. The molecule has 0 aliphatic rings. The lowest BCUT2D eigenvalue weighted by atomic mass is 10.1. The lowest BCUT2D eigenvalue weighted by Gasteiger charge is -2.11. The number of halogens is 1. The van der Waals surface area contributed by atoms with Crippen LogP contribution in [-0.2, 0) is 0 Å². The van der Waals surface area contributed by atoms with E-state index in [2.05, 4.69) is 22.0 Å². The van der Waals surface area contributed by atoms with Crippen LogP contribution in [-0.4, -0.2) is 0 Å². The second-order valence-corrected chi connectivity index (χ2v) is 4.95. The molecule has 2 aromatic rings. The smallest absolute Gasteiger partial charge is 0.146 e. The number of aryl methyl sites for hydroxylation is 2. The Hall–Kier alpha value is -1.79. The molecule has 2 nitrogen and oxygen atoms in total. The van der Waals surface area contributed by atoms with Crippen LogP contribution in [0.1, 0.15) is 16.7 Å². The van der Waals surface area contributed by atoms with E-state index in [1.54, 1.807) is 6.07 Å². The van der Waals surface area contributed by atoms with Gasteiger partial charge in [-0.05, 0) is 59.1 Å². The summed E-state index contributed by atoms with van der Waals surface area (Å²) in [5.74, 6) is 1.35. The third-order valence-corrected chi connectivity index (χ3v) is 3.31. The fraction of sp³-hybridized carbons (Fsp3) is 0.133. The third kappa shape index (κ3) is 2.55. The molecule has 2 rings (SSSR count). The summed E-state index contributed by atoms with van der Waals surface area (Å²) in [6, 6.07) is 13.6. The first kappa shape index (κ1) is 12.7. The van der Waals surface area contributed by atoms with Crippen molar-refractivity contribution < 1.29 is 4.74 Å². The van der Waals surface area contributed by atoms with Crippen molar-refractivity contribution in [2.75, 3.05) is 0 Å². The Labute approximate surface area is 115 Å². The summed E-state index contributed by atoms with van der Waals surface area (Å²) in [5.41, 5.74) is 2.69. The van der Waals surface area contributed by atoms with Crippen molar-refractivity contribution in [2.24, 2.45) is 0 Å². The molecule has 0 fully saturated rings. The fourth-order valence-electron chi connectivity index (χ4n) is 1.63. The molecule has 90 valence electrons. The number of ether oxygens (including phenoxy) is 1. The molecule has 2 aromatic carbocycles. The van der Waals surface area contributed by atoms with Gasteiger partial charge in [-0.2, -0.15) is 5.26 Å². The van der Waals surface area contributed by atoms with Crippen LogP contribution in [0.4, 0.5) is 0 Å². The van der Waals surface area contributed by atoms with E-state index in [9.17, 15) is 0 Å². The molecule has 0 aliphatic carbocycles. The molecule has 0 N–H and O–H groups in total. The molecule has 0 spiro atoms. The summed E-state index contributed by atoms with van der Waals surface area (Å²) >= 11 is 3.35. The molecule has 0 saturated carbocycles. The molecule has 0 amide bonds. The first-order valence-electron chi connectivity index (χ1n) is 5.55. The lowest BCUT2D eigenvalue weighted by molar-refractivity contribution is 0.476. The maximum Gasteiger partial charge on any atom is 0.146 e. The maximum atomic E-state index is 9.14. The van der Waals surface area contributed by atoms with Crippen LogP contribution in [0.15, 0.2) is 40.9 Å². The molecule has 18 heavy (non-hydrogen) atoms. The van der Waals surface area contributed by atoms with Crippen LogP contribution in [0.3, 0.4) is 0 Å². The predicted molar refractivity (Wildman–Crippen MR) is 74.8 cm³/mol. The number of hydrogen-bond donors (Lipinski definition) is 0. The summed E-state index contributed by atoms with van der Waals surface area (Å²) in [6.45, 7) is 4.00. The lowest BCUT2D eigenvalue weighted by Crippen LogP contribution is -1.92. The molecule has 0 unspecified atom stereocenters. The van der Waals surface area contributed by atoms with Gasteiger partial charge in [0.1, 0.15) is 23.1 Å². The van der Waals surface area contributed by atoms with Crippen molar-refractivity contribution in [3.05, 3.63) is 57.6 Å². The number of nitriles is 1. The standard InChI is InChI=1S/C15H12BrNO/c1-10-6-7-11(2)15(8-10)18-14-5-3-4-13(16)12(14)9-17/h3-8H,1-2H3. The summed E-state index contributed by atoms with van der Waals surface area (Å²) in [7, 11) is 0. The zero-order valence-electron chi connectivity index (χ0n) is 10.2. The van der Waals surface area contributed by atoms with Crippen molar-refractivity contribution in [1.82, 2.24) is 0 Å². The highest BCUT2D eigenvalue weighted by atomic mass is 79.9. The number of rotatable bonds is 2. The van der Waals surface area contributed by atoms with E-state index < -0.39 is 0 Å². The zero-order chi connectivity index (χ0) is 13.1. The predicted octanol–water partition coefficient (Wildman–Crippen LogP) is 4.73. The summed E-state index contributed by atoms with van der Waals surface area (Å²) in [4.78, 5) is 0. The van der Waals surface area contributed by atoms with Crippen LogP contribution in [0.25, 0.3) is 0 Å². The number of nitrogens with zero attached hydrogens (tertiary/aromatic N) is 1. The molecule has 0 radical (unpaired) electrons. The second kappa shape index (κ2) is 5.24. The van der Waals surface area contributed by atoms with Gasteiger partial charge in [-0.25, -0.2) is 0 Å². The molecule has 0 aromatic heterocycles. The minimum absolute atomic E-state index is 0.512. The van der Waals surface area contributed by atoms with Crippen molar-refractivity contribution in [1.29, 1.82) is 5.26 Å². The SMILES string of the molecule is Cc1ccc(C)c(Oc2cccc(Br)c2C#N)c1. The molecule has 3 heteroatoms. The highest BCUT2D eigenvalue weighted by Crippen LogP contribution is 2.31. The minimum Gasteiger partial charge on any atom is -0.456 e. The summed E-state index contributed by atoms with van der Waals surface area (Å²) in [6.07, 6.45) is 0. The van der Waals surface area contributed by atoms with E-state index in [1.807, 2.05) is 44.2 Å². The van der Waals surface area contributed by atoms with Crippen molar-refractivity contribution >= 4 is 15.9 Å². The Morgan fingerprint density at radius 2 is 1.89 bits per heavy atom. The average molecular weight is 302 g/mol. The molecule has 0 atom stereocenters. The Morgan fingerprint density at radius 1 is 1.11 bits per heavy atom. The Balaban J connectivity index is 2.44. The molecule has 0 saturated heterocycles. The van der Waals surface area contributed by atoms with Crippen LogP contribution in [0, 0.1) is 25.2 Å². The van der Waals surface area contributed by atoms with E-state index in [4.69, 9.17) is 10.00 Å². The molecule has 0 bridgehead atoms. The quantitative estimate of drug-likeness (QED) is 0.803. The van der Waals surface area contributed by atoms with Gasteiger partial charge >= 0.3 is 0 Å². The van der Waals surface area contributed by atoms with Crippen LogP contribution in [0.5, 0.6) is 11.5 Å². The zero-order valence-corrected chi connectivity index (χ0v) is 11.8. The van der Waals surface area contributed by atoms with E-state index in [1.165, 1.54) is 0 Å². The Kier molecular flexibility index (Phi) is 3.69. The first-order chi connectivity index (χ1) is 8.61. The van der Waals surface area contributed by atoms with Crippen molar-refractivity contribution in [3.8, 4) is 17.6 Å². The van der Waals surface area contributed by atoms with E-state index in [0.29, 0.717) is 11.3 Å². The minimum atomic E-state index is 0.512. The van der Waals surface area contributed by atoms with E-state index in [0.717, 1.165) is 21.3 Å². The number of hydrogen-bond acceptors (Lipinski definition) is 2. The fourth-order valence-corrected chi connectivity index (χ4v) is 2.07. The van der Waals surface area contributed by atoms with Gasteiger partial charge < -0.3 is 4.74 Å². The summed E-state index contributed by atoms with van der Waals surface area (Å²) < 4.78 is 6.58. The monoisotopic (exact) mass is 301 g/mol. The van der Waals surface area contributed by atoms with Gasteiger partial charge in [-0.3, -0.25) is 0 Å². The van der Waals surface area contributed by atoms with Crippen LogP contribution < -0.4 is 4.74 Å². The molecule has 0 aliphatic heterocycles. The molecule has 0 heterocycles. The van der Waals surface area contributed by atoms with E-state index in [-0.39, 0.29) is 0 Å². The second-order valence-electron chi connectivity index (χ2n) is 4.10. The highest BCUT2D eigenvalue weighted by Gasteiger charge is 2.09. The third-order valence-electron chi connectivity index (χ3n) is 2.65. The van der Waals surface area contributed by atoms with Gasteiger partial charge in [0, 0.05) is 4.47 Å². The van der Waals surface area contributed by atoms with Gasteiger partial charge in [0.05, 0.1) is 0 Å². The van der Waals surface area contributed by atoms with Crippen LogP contribution in [0.2, 0.25) is 0 Å². The van der Waals surface area contributed by atoms with E-state index >= 15 is 0 Å². The van der Waals surface area contributed by atoms with Crippen molar-refractivity contribution in [3.63, 3.8) is 0 Å². The van der Waals surface area contributed by atoms with Gasteiger partial charge in [0.2, 0.25) is 0 Å². The van der Waals surface area contributed by atoms with Crippen molar-refractivity contribution in [2.45, 2.75) is 13.8 Å². The van der Waals surface area contributed by atoms with Crippen LogP contribution >= 0.6 is 15.9 Å². The first-order valence-corrected chi connectivity index (χ1v) is 6.35.